The highest BCUT2D eigenvalue weighted by Gasteiger charge is 2.34. The van der Waals surface area contributed by atoms with Gasteiger partial charge >= 0.3 is 0 Å². The van der Waals surface area contributed by atoms with Crippen molar-refractivity contribution in [2.75, 3.05) is 30.4 Å². The molecule has 4 rings (SSSR count). The first-order valence-corrected chi connectivity index (χ1v) is 9.85. The molecule has 2 aromatic heterocycles. The molecule has 2 aromatic rings. The maximum Gasteiger partial charge on any atom is 0.225 e. The van der Waals surface area contributed by atoms with Crippen LogP contribution >= 0.6 is 0 Å². The molecule has 28 heavy (non-hydrogen) atoms. The summed E-state index contributed by atoms with van der Waals surface area (Å²) in [7, 11) is 1.60. The second-order valence-corrected chi connectivity index (χ2v) is 8.48. The van der Waals surface area contributed by atoms with Gasteiger partial charge in [-0.2, -0.15) is 0 Å². The van der Waals surface area contributed by atoms with E-state index in [1.165, 1.54) is 6.33 Å². The molecule has 0 bridgehead atoms. The van der Waals surface area contributed by atoms with Crippen molar-refractivity contribution in [1.29, 1.82) is 0 Å². The Hall–Kier alpha value is -2.48. The van der Waals surface area contributed by atoms with Crippen molar-refractivity contribution in [3.05, 3.63) is 29.8 Å². The molecule has 1 fully saturated rings. The summed E-state index contributed by atoms with van der Waals surface area (Å²) in [6, 6.07) is 1.88. The summed E-state index contributed by atoms with van der Waals surface area (Å²) < 4.78 is 5.21. The minimum Gasteiger partial charge on any atom is -0.481 e. The maximum atomic E-state index is 9.75. The van der Waals surface area contributed by atoms with Crippen LogP contribution in [0.3, 0.4) is 0 Å². The van der Waals surface area contributed by atoms with E-state index >= 15 is 0 Å². The predicted octanol–water partition coefficient (Wildman–Crippen LogP) is 2.36. The number of aromatic nitrogens is 4. The number of fused-ring (bicyclic) bond motifs is 1. The molecule has 1 saturated heterocycles. The highest BCUT2D eigenvalue weighted by atomic mass is 16.5. The molecule has 0 unspecified atom stereocenters. The van der Waals surface area contributed by atoms with Crippen molar-refractivity contribution in [3.63, 3.8) is 0 Å². The van der Waals surface area contributed by atoms with Gasteiger partial charge in [0.15, 0.2) is 0 Å². The van der Waals surface area contributed by atoms with Gasteiger partial charge < -0.3 is 20.1 Å². The number of aliphatic hydroxyl groups is 1. The van der Waals surface area contributed by atoms with Crippen LogP contribution in [0.2, 0.25) is 0 Å². The number of aliphatic hydroxyl groups excluding tert-OH is 1. The fourth-order valence-electron chi connectivity index (χ4n) is 4.09. The summed E-state index contributed by atoms with van der Waals surface area (Å²) >= 11 is 0. The van der Waals surface area contributed by atoms with Crippen molar-refractivity contribution in [2.45, 2.75) is 51.7 Å². The number of hydrogen-bond acceptors (Lipinski definition) is 8. The van der Waals surface area contributed by atoms with E-state index < -0.39 is 0 Å². The molecule has 0 aromatic carbocycles. The smallest absolute Gasteiger partial charge is 0.225 e. The second-order valence-electron chi connectivity index (χ2n) is 8.48. The normalized spacial score (nSPS) is 21.9. The Labute approximate surface area is 165 Å². The number of hydrogen-bond donors (Lipinski definition) is 2. The fraction of sp³-hybridized carbons (Fsp3) is 0.600. The lowest BCUT2D eigenvalue weighted by molar-refractivity contribution is 0.145. The van der Waals surface area contributed by atoms with Crippen LogP contribution in [-0.2, 0) is 6.42 Å². The Morgan fingerprint density at radius 3 is 2.75 bits per heavy atom. The minimum atomic E-state index is -0.203. The van der Waals surface area contributed by atoms with Gasteiger partial charge in [0.2, 0.25) is 11.8 Å². The molecule has 2 N–H and O–H groups in total. The highest BCUT2D eigenvalue weighted by molar-refractivity contribution is 5.44. The van der Waals surface area contributed by atoms with Gasteiger partial charge in [0.25, 0.3) is 0 Å². The first kappa shape index (κ1) is 18.9. The van der Waals surface area contributed by atoms with E-state index in [0.717, 1.165) is 61.8 Å². The first-order valence-electron chi connectivity index (χ1n) is 9.85. The van der Waals surface area contributed by atoms with Crippen LogP contribution in [0, 0.1) is 5.41 Å². The molecule has 3 heterocycles. The van der Waals surface area contributed by atoms with Gasteiger partial charge in [-0.15, -0.1) is 0 Å². The molecule has 8 nitrogen and oxygen atoms in total. The SMILES string of the molecule is COc1cc(N[C@H]2CC(C)(C)Cc3nc(N4CCC(O)CC4)ncc32)ncn1. The number of ether oxygens (including phenoxy) is 1. The van der Waals surface area contributed by atoms with Gasteiger partial charge in [0.05, 0.1) is 24.9 Å². The zero-order valence-electron chi connectivity index (χ0n) is 16.7. The Kier molecular flexibility index (Phi) is 5.05. The van der Waals surface area contributed by atoms with Gasteiger partial charge in [-0.1, -0.05) is 13.8 Å². The van der Waals surface area contributed by atoms with E-state index in [-0.39, 0.29) is 17.6 Å². The predicted molar refractivity (Wildman–Crippen MR) is 107 cm³/mol. The molecule has 2 aliphatic rings. The Balaban J connectivity index is 1.60. The molecule has 1 aliphatic heterocycles. The molecule has 150 valence electrons. The third kappa shape index (κ3) is 4.01. The van der Waals surface area contributed by atoms with Gasteiger partial charge in [-0.05, 0) is 31.1 Å². The first-order chi connectivity index (χ1) is 13.4. The summed E-state index contributed by atoms with van der Waals surface area (Å²) in [6.45, 7) is 6.13. The van der Waals surface area contributed by atoms with Crippen LogP contribution < -0.4 is 15.0 Å². The van der Waals surface area contributed by atoms with Crippen LogP contribution in [0.4, 0.5) is 11.8 Å². The van der Waals surface area contributed by atoms with E-state index in [1.54, 1.807) is 13.2 Å². The van der Waals surface area contributed by atoms with Crippen LogP contribution in [0.5, 0.6) is 5.88 Å². The summed E-state index contributed by atoms with van der Waals surface area (Å²) in [5.41, 5.74) is 2.33. The monoisotopic (exact) mass is 384 g/mol. The third-order valence-electron chi connectivity index (χ3n) is 5.59. The second kappa shape index (κ2) is 7.50. The van der Waals surface area contributed by atoms with Crippen molar-refractivity contribution >= 4 is 11.8 Å². The Bertz CT molecular complexity index is 835. The molecule has 8 heteroatoms. The maximum absolute atomic E-state index is 9.75. The van der Waals surface area contributed by atoms with Gasteiger partial charge in [-0.3, -0.25) is 0 Å². The molecular weight excluding hydrogens is 356 g/mol. The number of nitrogens with one attached hydrogen (secondary N) is 1. The van der Waals surface area contributed by atoms with Crippen LogP contribution in [0.15, 0.2) is 18.6 Å². The number of anilines is 2. The zero-order valence-corrected chi connectivity index (χ0v) is 16.7. The molecule has 0 saturated carbocycles. The van der Waals surface area contributed by atoms with Crippen molar-refractivity contribution in [1.82, 2.24) is 19.9 Å². The van der Waals surface area contributed by atoms with Gasteiger partial charge in [0, 0.05) is 30.9 Å². The Morgan fingerprint density at radius 1 is 1.21 bits per heavy atom. The molecule has 0 amide bonds. The minimum absolute atomic E-state index is 0.0792. The summed E-state index contributed by atoms with van der Waals surface area (Å²) in [4.78, 5) is 20.1. The van der Waals surface area contributed by atoms with E-state index in [1.807, 2.05) is 6.20 Å². The number of rotatable bonds is 4. The number of methoxy groups -OCH3 is 1. The average Bonchev–Trinajstić information content (AvgIpc) is 2.67. The van der Waals surface area contributed by atoms with E-state index in [0.29, 0.717) is 5.88 Å². The fourth-order valence-corrected chi connectivity index (χ4v) is 4.09. The van der Waals surface area contributed by atoms with Gasteiger partial charge in [0.1, 0.15) is 12.1 Å². The molecule has 0 spiro atoms. The standard InChI is InChI=1S/C20H28N6O2/c1-20(2)9-15(24-17-8-18(28-3)23-12-22-17)14-11-21-19(25-16(14)10-20)26-6-4-13(27)5-7-26/h8,11-13,15,27H,4-7,9-10H2,1-3H3,(H,22,23,24)/t15-/m0/s1. The highest BCUT2D eigenvalue weighted by Crippen LogP contribution is 2.41. The van der Waals surface area contributed by atoms with E-state index in [2.05, 4.69) is 39.0 Å². The lowest BCUT2D eigenvalue weighted by Crippen LogP contribution is -2.38. The van der Waals surface area contributed by atoms with Crippen molar-refractivity contribution in [2.24, 2.45) is 5.41 Å². The lowest BCUT2D eigenvalue weighted by atomic mass is 9.74. The topological polar surface area (TPSA) is 96.3 Å². The average molecular weight is 384 g/mol. The largest absolute Gasteiger partial charge is 0.481 e. The Morgan fingerprint density at radius 2 is 2.00 bits per heavy atom. The quantitative estimate of drug-likeness (QED) is 0.829. The lowest BCUT2D eigenvalue weighted by Gasteiger charge is -2.37. The van der Waals surface area contributed by atoms with Crippen LogP contribution in [-0.4, -0.2) is 51.3 Å². The molecule has 1 atom stereocenters. The molecule has 1 aliphatic carbocycles. The molecular formula is C20H28N6O2. The summed E-state index contributed by atoms with van der Waals surface area (Å²) in [5, 5.41) is 13.3. The van der Waals surface area contributed by atoms with Crippen molar-refractivity contribution < 1.29 is 9.84 Å². The third-order valence-corrected chi connectivity index (χ3v) is 5.59. The van der Waals surface area contributed by atoms with E-state index in [9.17, 15) is 5.11 Å². The van der Waals surface area contributed by atoms with Crippen LogP contribution in [0.25, 0.3) is 0 Å². The van der Waals surface area contributed by atoms with Gasteiger partial charge in [-0.25, -0.2) is 19.9 Å². The molecule has 0 radical (unpaired) electrons. The zero-order chi connectivity index (χ0) is 19.7. The van der Waals surface area contributed by atoms with Crippen LogP contribution in [0.1, 0.15) is 50.4 Å². The number of nitrogens with zero attached hydrogens (tertiary/aromatic N) is 5. The summed E-state index contributed by atoms with van der Waals surface area (Å²) in [6.07, 6.45) is 6.67. The number of piperidine rings is 1. The van der Waals surface area contributed by atoms with Crippen molar-refractivity contribution in [3.8, 4) is 5.88 Å². The summed E-state index contributed by atoms with van der Waals surface area (Å²) in [5.74, 6) is 2.03. The van der Waals surface area contributed by atoms with E-state index in [4.69, 9.17) is 9.72 Å².